The van der Waals surface area contributed by atoms with Gasteiger partial charge in [-0.2, -0.15) is 4.68 Å². The summed E-state index contributed by atoms with van der Waals surface area (Å²) in [5.41, 5.74) is 0.739. The number of aromatic hydroxyl groups is 1. The van der Waals surface area contributed by atoms with E-state index in [0.717, 1.165) is 18.5 Å². The average Bonchev–Trinajstić information content (AvgIpc) is 3.24. The molecule has 110 valence electrons. The SMILES string of the molecule is CN(C(=O)CSc1nnnn1-c1ccc(O)cc1)C1CC1. The molecule has 2 aromatic rings. The molecule has 1 aromatic carbocycles. The first-order valence-electron chi connectivity index (χ1n) is 6.61. The van der Waals surface area contributed by atoms with Gasteiger partial charge in [0.05, 0.1) is 11.4 Å². The molecule has 1 heterocycles. The molecule has 1 N–H and O–H groups in total. The summed E-state index contributed by atoms with van der Waals surface area (Å²) in [6.45, 7) is 0. The van der Waals surface area contributed by atoms with Crippen LogP contribution in [0.4, 0.5) is 0 Å². The normalized spacial score (nSPS) is 14.1. The molecule has 3 rings (SSSR count). The Bertz CT molecular complexity index is 638. The van der Waals surface area contributed by atoms with Crippen molar-refractivity contribution in [2.75, 3.05) is 12.8 Å². The number of hydrogen-bond donors (Lipinski definition) is 1. The highest BCUT2D eigenvalue weighted by Crippen LogP contribution is 2.27. The maximum atomic E-state index is 12.0. The van der Waals surface area contributed by atoms with Crippen molar-refractivity contribution in [2.24, 2.45) is 0 Å². The minimum atomic E-state index is 0.0859. The van der Waals surface area contributed by atoms with Crippen molar-refractivity contribution in [1.82, 2.24) is 25.1 Å². The summed E-state index contributed by atoms with van der Waals surface area (Å²) in [5, 5.41) is 21.4. The lowest BCUT2D eigenvalue weighted by Gasteiger charge is -2.15. The lowest BCUT2D eigenvalue weighted by Crippen LogP contribution is -2.30. The molecule has 0 saturated heterocycles. The maximum absolute atomic E-state index is 12.0. The molecule has 21 heavy (non-hydrogen) atoms. The third kappa shape index (κ3) is 3.15. The number of amides is 1. The summed E-state index contributed by atoms with van der Waals surface area (Å²) < 4.78 is 1.55. The Morgan fingerprint density at radius 2 is 2.14 bits per heavy atom. The van der Waals surface area contributed by atoms with Crippen LogP contribution < -0.4 is 0 Å². The predicted molar refractivity (Wildman–Crippen MR) is 77.3 cm³/mol. The molecule has 1 fully saturated rings. The van der Waals surface area contributed by atoms with Gasteiger partial charge in [-0.15, -0.1) is 5.10 Å². The van der Waals surface area contributed by atoms with Gasteiger partial charge in [0.15, 0.2) is 0 Å². The fraction of sp³-hybridized carbons (Fsp3) is 0.385. The number of tetrazole rings is 1. The van der Waals surface area contributed by atoms with E-state index >= 15 is 0 Å². The van der Waals surface area contributed by atoms with Gasteiger partial charge in [-0.1, -0.05) is 11.8 Å². The standard InChI is InChI=1S/C13H15N5O2S/c1-17(9-2-3-9)12(20)8-21-13-14-15-16-18(13)10-4-6-11(19)7-5-10/h4-7,9,19H,2-3,8H2,1H3. The van der Waals surface area contributed by atoms with Gasteiger partial charge in [0.25, 0.3) is 0 Å². The largest absolute Gasteiger partial charge is 0.508 e. The van der Waals surface area contributed by atoms with Crippen LogP contribution in [0.1, 0.15) is 12.8 Å². The summed E-state index contributed by atoms with van der Waals surface area (Å²) in [6, 6.07) is 6.97. The lowest BCUT2D eigenvalue weighted by atomic mass is 10.3. The first-order valence-corrected chi connectivity index (χ1v) is 7.60. The van der Waals surface area contributed by atoms with Gasteiger partial charge >= 0.3 is 0 Å². The minimum absolute atomic E-state index is 0.0859. The van der Waals surface area contributed by atoms with Crippen molar-refractivity contribution in [3.63, 3.8) is 0 Å². The second-order valence-corrected chi connectivity index (χ2v) is 5.86. The van der Waals surface area contributed by atoms with Gasteiger partial charge < -0.3 is 10.0 Å². The van der Waals surface area contributed by atoms with Crippen LogP contribution in [-0.2, 0) is 4.79 Å². The summed E-state index contributed by atoms with van der Waals surface area (Å²) >= 11 is 1.31. The van der Waals surface area contributed by atoms with Gasteiger partial charge in [-0.25, -0.2) is 0 Å². The van der Waals surface area contributed by atoms with Crippen LogP contribution in [0.5, 0.6) is 5.75 Å². The molecule has 0 spiro atoms. The Balaban J connectivity index is 1.68. The molecule has 0 atom stereocenters. The van der Waals surface area contributed by atoms with Crippen molar-refractivity contribution < 1.29 is 9.90 Å². The zero-order chi connectivity index (χ0) is 14.8. The third-order valence-corrected chi connectivity index (χ3v) is 4.25. The number of phenolic OH excluding ortho intramolecular Hbond substituents is 1. The summed E-state index contributed by atoms with van der Waals surface area (Å²) in [7, 11) is 1.84. The van der Waals surface area contributed by atoms with Crippen molar-refractivity contribution in [3.8, 4) is 11.4 Å². The Labute approximate surface area is 125 Å². The maximum Gasteiger partial charge on any atom is 0.233 e. The Kier molecular flexibility index (Phi) is 3.78. The summed E-state index contributed by atoms with van der Waals surface area (Å²) in [6.07, 6.45) is 2.19. The molecule has 8 heteroatoms. The monoisotopic (exact) mass is 305 g/mol. The fourth-order valence-corrected chi connectivity index (χ4v) is 2.73. The van der Waals surface area contributed by atoms with Gasteiger partial charge in [0.1, 0.15) is 5.75 Å². The van der Waals surface area contributed by atoms with Crippen LogP contribution >= 0.6 is 11.8 Å². The molecule has 0 unspecified atom stereocenters. The molecule has 1 aliphatic carbocycles. The molecule has 0 bridgehead atoms. The highest BCUT2D eigenvalue weighted by atomic mass is 32.2. The predicted octanol–water partition coefficient (Wildman–Crippen LogP) is 1.08. The molecule has 1 amide bonds. The number of aromatic nitrogens is 4. The van der Waals surface area contributed by atoms with Gasteiger partial charge in [-0.05, 0) is 47.5 Å². The van der Waals surface area contributed by atoms with E-state index in [-0.39, 0.29) is 11.7 Å². The first kappa shape index (κ1) is 13.9. The van der Waals surface area contributed by atoms with Crippen LogP contribution in [-0.4, -0.2) is 55.0 Å². The highest BCUT2D eigenvalue weighted by molar-refractivity contribution is 7.99. The second-order valence-electron chi connectivity index (χ2n) is 4.91. The number of benzene rings is 1. The number of carbonyl (C=O) groups excluding carboxylic acids is 1. The zero-order valence-electron chi connectivity index (χ0n) is 11.5. The van der Waals surface area contributed by atoms with Crippen LogP contribution in [0, 0.1) is 0 Å². The fourth-order valence-electron chi connectivity index (χ4n) is 1.92. The molecule has 0 radical (unpaired) electrons. The third-order valence-electron chi connectivity index (χ3n) is 3.35. The van der Waals surface area contributed by atoms with E-state index in [2.05, 4.69) is 15.5 Å². The average molecular weight is 305 g/mol. The second kappa shape index (κ2) is 5.72. The number of nitrogens with zero attached hydrogens (tertiary/aromatic N) is 5. The van der Waals surface area contributed by atoms with Crippen molar-refractivity contribution in [1.29, 1.82) is 0 Å². The van der Waals surface area contributed by atoms with Gasteiger partial charge in [0, 0.05) is 13.1 Å². The van der Waals surface area contributed by atoms with E-state index in [9.17, 15) is 9.90 Å². The number of hydrogen-bond acceptors (Lipinski definition) is 6. The van der Waals surface area contributed by atoms with E-state index < -0.39 is 0 Å². The van der Waals surface area contributed by atoms with E-state index in [1.54, 1.807) is 33.8 Å². The number of carbonyl (C=O) groups is 1. The van der Waals surface area contributed by atoms with Crippen molar-refractivity contribution >= 4 is 17.7 Å². The van der Waals surface area contributed by atoms with Crippen LogP contribution in [0.15, 0.2) is 29.4 Å². The summed E-state index contributed by atoms with van der Waals surface area (Å²) in [5.74, 6) is 0.580. The molecule has 1 aromatic heterocycles. The van der Waals surface area contributed by atoms with Gasteiger partial charge in [-0.3, -0.25) is 4.79 Å². The van der Waals surface area contributed by atoms with Crippen molar-refractivity contribution in [2.45, 2.75) is 24.0 Å². The Hall–Kier alpha value is -2.09. The summed E-state index contributed by atoms with van der Waals surface area (Å²) in [4.78, 5) is 13.8. The van der Waals surface area contributed by atoms with Crippen molar-refractivity contribution in [3.05, 3.63) is 24.3 Å². The molecular weight excluding hydrogens is 290 g/mol. The number of phenols is 1. The van der Waals surface area contributed by atoms with E-state index in [4.69, 9.17) is 0 Å². The lowest BCUT2D eigenvalue weighted by molar-refractivity contribution is -0.127. The molecule has 1 saturated carbocycles. The van der Waals surface area contributed by atoms with Crippen LogP contribution in [0.3, 0.4) is 0 Å². The molecule has 7 nitrogen and oxygen atoms in total. The highest BCUT2D eigenvalue weighted by Gasteiger charge is 2.29. The first-order chi connectivity index (χ1) is 10.1. The van der Waals surface area contributed by atoms with Crippen LogP contribution in [0.2, 0.25) is 0 Å². The van der Waals surface area contributed by atoms with E-state index in [0.29, 0.717) is 17.0 Å². The van der Waals surface area contributed by atoms with Gasteiger partial charge in [0.2, 0.25) is 11.1 Å². The van der Waals surface area contributed by atoms with Crippen LogP contribution in [0.25, 0.3) is 5.69 Å². The number of rotatable bonds is 5. The smallest absolute Gasteiger partial charge is 0.233 e. The molecular formula is C13H15N5O2S. The Morgan fingerprint density at radius 3 is 2.81 bits per heavy atom. The topological polar surface area (TPSA) is 84.1 Å². The quantitative estimate of drug-likeness (QED) is 0.832. The zero-order valence-corrected chi connectivity index (χ0v) is 12.3. The van der Waals surface area contributed by atoms with E-state index in [1.807, 2.05) is 7.05 Å². The molecule has 1 aliphatic rings. The minimum Gasteiger partial charge on any atom is -0.508 e. The molecule has 0 aliphatic heterocycles. The van der Waals surface area contributed by atoms with E-state index in [1.165, 1.54) is 11.8 Å². The Morgan fingerprint density at radius 1 is 1.43 bits per heavy atom. The number of thioether (sulfide) groups is 1.